The number of nitrogens with one attached hydrogen (secondary N) is 1. The summed E-state index contributed by atoms with van der Waals surface area (Å²) in [5.41, 5.74) is 3.09. The van der Waals surface area contributed by atoms with Crippen LogP contribution in [-0.4, -0.2) is 25.8 Å². The minimum absolute atomic E-state index is 0.000128. The van der Waals surface area contributed by atoms with Gasteiger partial charge in [0, 0.05) is 42.1 Å². The van der Waals surface area contributed by atoms with Crippen LogP contribution in [0.15, 0.2) is 42.5 Å². The first kappa shape index (κ1) is 19.0. The van der Waals surface area contributed by atoms with Crippen molar-refractivity contribution in [1.29, 1.82) is 0 Å². The summed E-state index contributed by atoms with van der Waals surface area (Å²) in [6, 6.07) is 13.5. The molecule has 3 nitrogen and oxygen atoms in total. The smallest absolute Gasteiger partial charge is 0.230 e. The molecule has 0 aromatic heterocycles. The zero-order valence-corrected chi connectivity index (χ0v) is 16.0. The molecule has 0 radical (unpaired) electrons. The molecule has 6 heteroatoms. The van der Waals surface area contributed by atoms with Crippen molar-refractivity contribution < 1.29 is 4.79 Å². The molecule has 0 fully saturated rings. The Morgan fingerprint density at radius 3 is 2.29 bits per heavy atom. The Labute approximate surface area is 157 Å². The van der Waals surface area contributed by atoms with Gasteiger partial charge in [0.05, 0.1) is 5.75 Å². The largest absolute Gasteiger partial charge is 0.378 e. The van der Waals surface area contributed by atoms with Gasteiger partial charge < -0.3 is 10.2 Å². The summed E-state index contributed by atoms with van der Waals surface area (Å²) in [5, 5.41) is 4.19. The lowest BCUT2D eigenvalue weighted by atomic mass is 10.2. The average Bonchev–Trinajstić information content (AvgIpc) is 2.56. The number of hydrogen-bond donors (Lipinski definition) is 1. The number of hydrogen-bond acceptors (Lipinski definition) is 3. The van der Waals surface area contributed by atoms with E-state index in [9.17, 15) is 4.79 Å². The number of carbonyl (C=O) groups excluding carboxylic acids is 1. The van der Waals surface area contributed by atoms with Crippen LogP contribution in [0.5, 0.6) is 0 Å². The van der Waals surface area contributed by atoms with Gasteiger partial charge in [-0.3, -0.25) is 4.79 Å². The number of carbonyl (C=O) groups is 1. The zero-order chi connectivity index (χ0) is 17.5. The molecule has 0 heterocycles. The van der Waals surface area contributed by atoms with Crippen LogP contribution in [0.2, 0.25) is 10.0 Å². The standard InChI is InChI=1S/C18H20Cl2N2OS/c1-22(2)14-8-6-13(7-9-14)10-21-18(23)12-24-11-15-16(19)4-3-5-17(15)20/h3-9H,10-12H2,1-2H3,(H,21,23). The predicted octanol–water partition coefficient (Wildman–Crippen LogP) is 4.61. The topological polar surface area (TPSA) is 32.3 Å². The van der Waals surface area contributed by atoms with Crippen molar-refractivity contribution in [3.63, 3.8) is 0 Å². The third-order valence-corrected chi connectivity index (χ3v) is 5.15. The molecule has 0 unspecified atom stereocenters. The van der Waals surface area contributed by atoms with Crippen molar-refractivity contribution in [3.8, 4) is 0 Å². The van der Waals surface area contributed by atoms with E-state index in [0.29, 0.717) is 28.1 Å². The van der Waals surface area contributed by atoms with Gasteiger partial charge in [0.1, 0.15) is 0 Å². The maximum atomic E-state index is 11.9. The van der Waals surface area contributed by atoms with Crippen LogP contribution in [0.1, 0.15) is 11.1 Å². The highest BCUT2D eigenvalue weighted by atomic mass is 35.5. The maximum Gasteiger partial charge on any atom is 0.230 e. The minimum atomic E-state index is -0.000128. The molecule has 2 aromatic carbocycles. The van der Waals surface area contributed by atoms with Crippen molar-refractivity contribution in [3.05, 3.63) is 63.6 Å². The highest BCUT2D eigenvalue weighted by Gasteiger charge is 2.07. The first-order valence-electron chi connectivity index (χ1n) is 7.51. The summed E-state index contributed by atoms with van der Waals surface area (Å²) < 4.78 is 0. The van der Waals surface area contributed by atoms with Crippen LogP contribution in [0, 0.1) is 0 Å². The van der Waals surface area contributed by atoms with E-state index in [1.165, 1.54) is 11.8 Å². The van der Waals surface area contributed by atoms with Crippen molar-refractivity contribution >= 4 is 46.6 Å². The summed E-state index contributed by atoms with van der Waals surface area (Å²) >= 11 is 13.7. The molecule has 0 saturated heterocycles. The lowest BCUT2D eigenvalue weighted by Crippen LogP contribution is -2.24. The van der Waals surface area contributed by atoms with Gasteiger partial charge >= 0.3 is 0 Å². The van der Waals surface area contributed by atoms with Crippen LogP contribution in [0.4, 0.5) is 5.69 Å². The average molecular weight is 383 g/mol. The fourth-order valence-electron chi connectivity index (χ4n) is 2.08. The van der Waals surface area contributed by atoms with E-state index in [0.717, 1.165) is 16.8 Å². The quantitative estimate of drug-likeness (QED) is 0.758. The monoisotopic (exact) mass is 382 g/mol. The lowest BCUT2D eigenvalue weighted by molar-refractivity contribution is -0.118. The third-order valence-electron chi connectivity index (χ3n) is 3.48. The molecule has 0 aliphatic rings. The van der Waals surface area contributed by atoms with Gasteiger partial charge in [-0.2, -0.15) is 0 Å². The summed E-state index contributed by atoms with van der Waals surface area (Å²) in [4.78, 5) is 14.0. The zero-order valence-electron chi connectivity index (χ0n) is 13.7. The van der Waals surface area contributed by atoms with Crippen molar-refractivity contribution in [2.75, 3.05) is 24.7 Å². The number of thioether (sulfide) groups is 1. The summed E-state index contributed by atoms with van der Waals surface area (Å²) in [7, 11) is 4.00. The number of nitrogens with zero attached hydrogens (tertiary/aromatic N) is 1. The molecule has 0 aliphatic carbocycles. The first-order valence-corrected chi connectivity index (χ1v) is 9.42. The molecular formula is C18H20Cl2N2OS. The number of anilines is 1. The number of halogens is 2. The maximum absolute atomic E-state index is 11.9. The Bertz CT molecular complexity index is 670. The highest BCUT2D eigenvalue weighted by Crippen LogP contribution is 2.28. The second kappa shape index (κ2) is 9.21. The van der Waals surface area contributed by atoms with E-state index in [-0.39, 0.29) is 5.91 Å². The Hall–Kier alpha value is -1.36. The molecule has 1 amide bonds. The Balaban J connectivity index is 1.75. The van der Waals surface area contributed by atoms with Gasteiger partial charge in [0.2, 0.25) is 5.91 Å². The Kier molecular flexibility index (Phi) is 7.28. The van der Waals surface area contributed by atoms with E-state index in [2.05, 4.69) is 5.32 Å². The molecule has 0 saturated carbocycles. The molecule has 1 N–H and O–H groups in total. The second-order valence-electron chi connectivity index (χ2n) is 5.53. The van der Waals surface area contributed by atoms with Gasteiger partial charge in [-0.15, -0.1) is 11.8 Å². The predicted molar refractivity (Wildman–Crippen MR) is 105 cm³/mol. The molecule has 0 aliphatic heterocycles. The van der Waals surface area contributed by atoms with Gasteiger partial charge in [-0.1, -0.05) is 41.4 Å². The van der Waals surface area contributed by atoms with Gasteiger partial charge in [-0.05, 0) is 35.4 Å². The summed E-state index contributed by atoms with van der Waals surface area (Å²) in [5.74, 6) is 0.987. The van der Waals surface area contributed by atoms with E-state index in [1.807, 2.05) is 49.3 Å². The number of amides is 1. The van der Waals surface area contributed by atoms with E-state index < -0.39 is 0 Å². The van der Waals surface area contributed by atoms with Gasteiger partial charge in [0.15, 0.2) is 0 Å². The van der Waals surface area contributed by atoms with Crippen LogP contribution in [0.3, 0.4) is 0 Å². The Morgan fingerprint density at radius 1 is 1.08 bits per heavy atom. The minimum Gasteiger partial charge on any atom is -0.378 e. The molecule has 0 bridgehead atoms. The molecule has 2 aromatic rings. The Morgan fingerprint density at radius 2 is 1.71 bits per heavy atom. The molecule has 0 atom stereocenters. The van der Waals surface area contributed by atoms with Crippen molar-refractivity contribution in [1.82, 2.24) is 5.32 Å². The number of benzene rings is 2. The van der Waals surface area contributed by atoms with Crippen LogP contribution in [-0.2, 0) is 17.1 Å². The van der Waals surface area contributed by atoms with Crippen LogP contribution >= 0.6 is 35.0 Å². The number of rotatable bonds is 7. The molecular weight excluding hydrogens is 363 g/mol. The van der Waals surface area contributed by atoms with E-state index >= 15 is 0 Å². The van der Waals surface area contributed by atoms with Crippen molar-refractivity contribution in [2.45, 2.75) is 12.3 Å². The van der Waals surface area contributed by atoms with Crippen LogP contribution < -0.4 is 10.2 Å². The normalized spacial score (nSPS) is 10.5. The first-order chi connectivity index (χ1) is 11.5. The van der Waals surface area contributed by atoms with E-state index in [4.69, 9.17) is 23.2 Å². The second-order valence-corrected chi connectivity index (χ2v) is 7.33. The SMILES string of the molecule is CN(C)c1ccc(CNC(=O)CSCc2c(Cl)cccc2Cl)cc1. The molecule has 128 valence electrons. The fourth-order valence-corrected chi connectivity index (χ4v) is 3.67. The summed E-state index contributed by atoms with van der Waals surface area (Å²) in [6.45, 7) is 0.528. The summed E-state index contributed by atoms with van der Waals surface area (Å²) in [6.07, 6.45) is 0. The highest BCUT2D eigenvalue weighted by molar-refractivity contribution is 7.99. The molecule has 0 spiro atoms. The van der Waals surface area contributed by atoms with E-state index in [1.54, 1.807) is 12.1 Å². The molecule has 2 rings (SSSR count). The fraction of sp³-hybridized carbons (Fsp3) is 0.278. The van der Waals surface area contributed by atoms with Gasteiger partial charge in [0.25, 0.3) is 0 Å². The van der Waals surface area contributed by atoms with Crippen LogP contribution in [0.25, 0.3) is 0 Å². The lowest BCUT2D eigenvalue weighted by Gasteiger charge is -2.13. The van der Waals surface area contributed by atoms with Crippen molar-refractivity contribution in [2.24, 2.45) is 0 Å². The molecule has 24 heavy (non-hydrogen) atoms. The third kappa shape index (κ3) is 5.62. The van der Waals surface area contributed by atoms with Gasteiger partial charge in [-0.25, -0.2) is 0 Å².